The van der Waals surface area contributed by atoms with Gasteiger partial charge in [0.2, 0.25) is 0 Å². The monoisotopic (exact) mass is 167 g/mol. The molecule has 2 unspecified atom stereocenters. The fraction of sp³-hybridized carbons (Fsp3) is 0.900. The normalized spacial score (nSPS) is 37.9. The van der Waals surface area contributed by atoms with Crippen LogP contribution in [0.1, 0.15) is 38.5 Å². The summed E-state index contributed by atoms with van der Waals surface area (Å²) in [4.78, 5) is 13.8. The molecule has 2 bridgehead atoms. The van der Waals surface area contributed by atoms with E-state index in [0.29, 0.717) is 17.9 Å². The minimum atomic E-state index is 0.483. The Kier molecular flexibility index (Phi) is 2.18. The summed E-state index contributed by atoms with van der Waals surface area (Å²) in [5, 5.41) is 0. The highest BCUT2D eigenvalue weighted by Gasteiger charge is 2.31. The Labute approximate surface area is 73.9 Å². The predicted molar refractivity (Wildman–Crippen MR) is 48.0 cm³/mol. The Balaban J connectivity index is 2.13. The Morgan fingerprint density at radius 2 is 2.00 bits per heavy atom. The molecule has 0 aromatic carbocycles. The lowest BCUT2D eigenvalue weighted by Gasteiger charge is -2.37. The van der Waals surface area contributed by atoms with E-state index in [1.807, 2.05) is 0 Å². The number of fused-ring (bicyclic) bond motifs is 2. The zero-order chi connectivity index (χ0) is 8.55. The van der Waals surface area contributed by atoms with Crippen LogP contribution in [0.2, 0.25) is 0 Å². The molecule has 0 aromatic heterocycles. The van der Waals surface area contributed by atoms with Crippen molar-refractivity contribution in [3.8, 4) is 0 Å². The molecule has 2 atom stereocenters. The van der Waals surface area contributed by atoms with Crippen LogP contribution in [0.5, 0.6) is 0 Å². The van der Waals surface area contributed by atoms with Gasteiger partial charge in [-0.25, -0.2) is 0 Å². The molecule has 2 saturated heterocycles. The van der Waals surface area contributed by atoms with Gasteiger partial charge in [0.05, 0.1) is 0 Å². The largest absolute Gasteiger partial charge is 0.300 e. The Bertz CT molecular complexity index is 190. The number of rotatable bonds is 0. The molecule has 2 heteroatoms. The molecule has 2 aliphatic rings. The maximum absolute atomic E-state index is 11.3. The molecule has 2 fully saturated rings. The van der Waals surface area contributed by atoms with Crippen molar-refractivity contribution in [2.24, 2.45) is 0 Å². The SMILES string of the molecule is CN1C2CCCC1CC(=O)CC2. The Hall–Kier alpha value is -0.370. The average Bonchev–Trinajstić information content (AvgIpc) is 2.17. The van der Waals surface area contributed by atoms with E-state index >= 15 is 0 Å². The van der Waals surface area contributed by atoms with Crippen LogP contribution in [-0.2, 0) is 4.79 Å². The van der Waals surface area contributed by atoms with E-state index in [0.717, 1.165) is 19.3 Å². The van der Waals surface area contributed by atoms with E-state index in [1.54, 1.807) is 0 Å². The molecule has 0 aromatic rings. The maximum atomic E-state index is 11.3. The van der Waals surface area contributed by atoms with E-state index in [1.165, 1.54) is 19.3 Å². The lowest BCUT2D eigenvalue weighted by atomic mass is 9.95. The second kappa shape index (κ2) is 3.17. The van der Waals surface area contributed by atoms with Gasteiger partial charge in [0.15, 0.2) is 0 Å². The molecule has 2 nitrogen and oxygen atoms in total. The number of ketones is 1. The van der Waals surface area contributed by atoms with E-state index < -0.39 is 0 Å². The van der Waals surface area contributed by atoms with Crippen LogP contribution in [0, 0.1) is 0 Å². The van der Waals surface area contributed by atoms with E-state index in [9.17, 15) is 4.79 Å². The highest BCUT2D eigenvalue weighted by molar-refractivity contribution is 5.79. The molecular weight excluding hydrogens is 150 g/mol. The number of carbonyl (C=O) groups is 1. The summed E-state index contributed by atoms with van der Waals surface area (Å²) in [7, 11) is 2.19. The molecule has 2 rings (SSSR count). The number of piperidine rings is 1. The summed E-state index contributed by atoms with van der Waals surface area (Å²) in [6.45, 7) is 0. The smallest absolute Gasteiger partial charge is 0.134 e. The molecule has 0 aliphatic carbocycles. The molecule has 0 saturated carbocycles. The van der Waals surface area contributed by atoms with Crippen LogP contribution in [0.4, 0.5) is 0 Å². The molecule has 12 heavy (non-hydrogen) atoms. The van der Waals surface area contributed by atoms with Crippen molar-refractivity contribution in [2.45, 2.75) is 50.6 Å². The average molecular weight is 167 g/mol. The maximum Gasteiger partial charge on any atom is 0.134 e. The second-order valence-corrected chi connectivity index (χ2v) is 4.19. The number of hydrogen-bond acceptors (Lipinski definition) is 2. The van der Waals surface area contributed by atoms with Crippen molar-refractivity contribution in [2.75, 3.05) is 7.05 Å². The summed E-state index contributed by atoms with van der Waals surface area (Å²) in [6.07, 6.45) is 6.61. The van der Waals surface area contributed by atoms with Crippen molar-refractivity contribution in [3.05, 3.63) is 0 Å². The fourth-order valence-corrected chi connectivity index (χ4v) is 2.58. The Morgan fingerprint density at radius 3 is 2.83 bits per heavy atom. The van der Waals surface area contributed by atoms with Crippen LogP contribution < -0.4 is 0 Å². The molecule has 2 heterocycles. The molecule has 2 aliphatic heterocycles. The van der Waals surface area contributed by atoms with Crippen molar-refractivity contribution >= 4 is 5.78 Å². The van der Waals surface area contributed by atoms with Gasteiger partial charge < -0.3 is 4.90 Å². The van der Waals surface area contributed by atoms with Gasteiger partial charge in [-0.3, -0.25) is 4.79 Å². The second-order valence-electron chi connectivity index (χ2n) is 4.19. The van der Waals surface area contributed by atoms with Crippen LogP contribution >= 0.6 is 0 Å². The van der Waals surface area contributed by atoms with Gasteiger partial charge in [0, 0.05) is 24.9 Å². The van der Waals surface area contributed by atoms with Crippen LogP contribution in [-0.4, -0.2) is 29.8 Å². The molecule has 0 radical (unpaired) electrons. The first-order valence-corrected chi connectivity index (χ1v) is 5.01. The topological polar surface area (TPSA) is 20.3 Å². The van der Waals surface area contributed by atoms with E-state index in [4.69, 9.17) is 0 Å². The summed E-state index contributed by atoms with van der Waals surface area (Å²) in [5.74, 6) is 0.483. The van der Waals surface area contributed by atoms with E-state index in [2.05, 4.69) is 11.9 Å². The zero-order valence-electron chi connectivity index (χ0n) is 7.75. The third-order valence-corrected chi connectivity index (χ3v) is 3.45. The van der Waals surface area contributed by atoms with Gasteiger partial charge in [-0.1, -0.05) is 6.42 Å². The van der Waals surface area contributed by atoms with Crippen molar-refractivity contribution < 1.29 is 4.79 Å². The first-order chi connectivity index (χ1) is 5.77. The fourth-order valence-electron chi connectivity index (χ4n) is 2.58. The molecular formula is C10H17NO. The standard InChI is InChI=1S/C10H17NO/c1-11-8-3-2-4-9(11)7-10(12)6-5-8/h8-9H,2-7H2,1H3. The summed E-state index contributed by atoms with van der Waals surface area (Å²) in [6, 6.07) is 1.27. The van der Waals surface area contributed by atoms with Gasteiger partial charge in [-0.2, -0.15) is 0 Å². The molecule has 0 spiro atoms. The van der Waals surface area contributed by atoms with Gasteiger partial charge in [-0.05, 0) is 26.3 Å². The summed E-state index contributed by atoms with van der Waals surface area (Å²) >= 11 is 0. The third kappa shape index (κ3) is 1.40. The minimum absolute atomic E-state index is 0.483. The van der Waals surface area contributed by atoms with Gasteiger partial charge >= 0.3 is 0 Å². The number of carbonyl (C=O) groups excluding carboxylic acids is 1. The highest BCUT2D eigenvalue weighted by atomic mass is 16.1. The van der Waals surface area contributed by atoms with Crippen molar-refractivity contribution in [1.82, 2.24) is 4.90 Å². The number of nitrogens with zero attached hydrogens (tertiary/aromatic N) is 1. The number of Topliss-reactive ketones (excluding diaryl/α,β-unsaturated/α-hetero) is 1. The zero-order valence-corrected chi connectivity index (χ0v) is 7.75. The van der Waals surface area contributed by atoms with Gasteiger partial charge in [0.25, 0.3) is 0 Å². The van der Waals surface area contributed by atoms with Crippen molar-refractivity contribution in [3.63, 3.8) is 0 Å². The molecule has 68 valence electrons. The Morgan fingerprint density at radius 1 is 1.25 bits per heavy atom. The summed E-state index contributed by atoms with van der Waals surface area (Å²) in [5.41, 5.74) is 0. The molecule has 0 amide bonds. The first-order valence-electron chi connectivity index (χ1n) is 5.01. The van der Waals surface area contributed by atoms with Gasteiger partial charge in [-0.15, -0.1) is 0 Å². The highest BCUT2D eigenvalue weighted by Crippen LogP contribution is 2.29. The predicted octanol–water partition coefficient (Wildman–Crippen LogP) is 1.59. The van der Waals surface area contributed by atoms with Crippen LogP contribution in [0.3, 0.4) is 0 Å². The number of hydrogen-bond donors (Lipinski definition) is 0. The third-order valence-electron chi connectivity index (χ3n) is 3.45. The lowest BCUT2D eigenvalue weighted by molar-refractivity contribution is -0.119. The van der Waals surface area contributed by atoms with Crippen LogP contribution in [0.15, 0.2) is 0 Å². The quantitative estimate of drug-likeness (QED) is 0.546. The van der Waals surface area contributed by atoms with Crippen molar-refractivity contribution in [1.29, 1.82) is 0 Å². The van der Waals surface area contributed by atoms with Crippen LogP contribution in [0.25, 0.3) is 0 Å². The van der Waals surface area contributed by atoms with Gasteiger partial charge in [0.1, 0.15) is 5.78 Å². The van der Waals surface area contributed by atoms with E-state index in [-0.39, 0.29) is 0 Å². The first kappa shape index (κ1) is 8.24. The minimum Gasteiger partial charge on any atom is -0.300 e. The lowest BCUT2D eigenvalue weighted by Crippen LogP contribution is -2.42. The summed E-state index contributed by atoms with van der Waals surface area (Å²) < 4.78 is 0. The molecule has 0 N–H and O–H groups in total.